The van der Waals surface area contributed by atoms with E-state index in [-0.39, 0.29) is 19.0 Å². The van der Waals surface area contributed by atoms with Gasteiger partial charge < -0.3 is 11.1 Å². The highest BCUT2D eigenvalue weighted by Crippen LogP contribution is 2.17. The number of carbonyl (C=O) groups excluding carboxylic acids is 3. The molecule has 3 N–H and O–H groups in total. The first-order valence-corrected chi connectivity index (χ1v) is 7.60. The van der Waals surface area contributed by atoms with Crippen LogP contribution in [0.3, 0.4) is 0 Å². The van der Waals surface area contributed by atoms with Crippen LogP contribution in [0, 0.1) is 0 Å². The van der Waals surface area contributed by atoms with E-state index in [1.807, 2.05) is 0 Å². The summed E-state index contributed by atoms with van der Waals surface area (Å²) in [6.45, 7) is 3.66. The maximum absolute atomic E-state index is 12.1. The molecule has 0 spiro atoms. The number of nitrogens with one attached hydrogen (secondary N) is 1. The highest BCUT2D eigenvalue weighted by atomic mass is 16.2. The van der Waals surface area contributed by atoms with Gasteiger partial charge in [0.25, 0.3) is 5.91 Å². The Morgan fingerprint density at radius 3 is 2.44 bits per heavy atom. The number of primary amides is 1. The van der Waals surface area contributed by atoms with E-state index in [0.717, 1.165) is 4.90 Å². The van der Waals surface area contributed by atoms with E-state index >= 15 is 0 Å². The molecule has 0 saturated carbocycles. The Hall–Kier alpha value is -3.30. The lowest BCUT2D eigenvalue weighted by molar-refractivity contribution is -0.130. The molecule has 0 radical (unpaired) electrons. The summed E-state index contributed by atoms with van der Waals surface area (Å²) >= 11 is 0. The monoisotopic (exact) mass is 343 g/mol. The molecule has 2 heterocycles. The maximum atomic E-state index is 12.1. The van der Waals surface area contributed by atoms with Crippen molar-refractivity contribution in [1.29, 1.82) is 0 Å². The van der Waals surface area contributed by atoms with Gasteiger partial charge in [-0.2, -0.15) is 4.80 Å². The van der Waals surface area contributed by atoms with Gasteiger partial charge in [-0.1, -0.05) is 12.1 Å². The number of aromatic nitrogens is 4. The fraction of sp³-hybridized carbons (Fsp3) is 0.333. The van der Waals surface area contributed by atoms with Crippen molar-refractivity contribution in [3.63, 3.8) is 0 Å². The van der Waals surface area contributed by atoms with Crippen LogP contribution in [0.25, 0.3) is 11.4 Å². The Kier molecular flexibility index (Phi) is 3.95. The first-order valence-electron chi connectivity index (χ1n) is 7.60. The largest absolute Gasteiger partial charge is 0.366 e. The summed E-state index contributed by atoms with van der Waals surface area (Å²) in [6, 6.07) is 6.06. The highest BCUT2D eigenvalue weighted by molar-refractivity contribution is 6.06. The number of nitrogens with zero attached hydrogens (tertiary/aromatic N) is 5. The SMILES string of the molecule is CC1(C)NC(=O)N(CCn2nnc(-c3ccc(C(N)=O)cc3)n2)C1=O. The molecule has 1 aliphatic rings. The number of benzene rings is 1. The minimum atomic E-state index is -0.903. The van der Waals surface area contributed by atoms with E-state index in [0.29, 0.717) is 17.0 Å². The predicted molar refractivity (Wildman–Crippen MR) is 86.1 cm³/mol. The van der Waals surface area contributed by atoms with Crippen molar-refractivity contribution in [3.8, 4) is 11.4 Å². The molecule has 10 heteroatoms. The van der Waals surface area contributed by atoms with Crippen LogP contribution in [0.2, 0.25) is 0 Å². The molecule has 130 valence electrons. The number of tetrazole rings is 1. The summed E-state index contributed by atoms with van der Waals surface area (Å²) in [5, 5.41) is 14.7. The number of urea groups is 1. The first kappa shape index (κ1) is 16.6. The second kappa shape index (κ2) is 5.96. The average molecular weight is 343 g/mol. The highest BCUT2D eigenvalue weighted by Gasteiger charge is 2.43. The molecule has 0 atom stereocenters. The van der Waals surface area contributed by atoms with Crippen molar-refractivity contribution in [1.82, 2.24) is 30.4 Å². The zero-order chi connectivity index (χ0) is 18.2. The van der Waals surface area contributed by atoms with Gasteiger partial charge in [0.2, 0.25) is 11.7 Å². The fourth-order valence-electron chi connectivity index (χ4n) is 2.45. The number of hydrogen-bond acceptors (Lipinski definition) is 6. The van der Waals surface area contributed by atoms with E-state index < -0.39 is 17.5 Å². The van der Waals surface area contributed by atoms with Gasteiger partial charge in [-0.15, -0.1) is 10.2 Å². The standard InChI is InChI=1S/C15H17N7O3/c1-15(2)13(24)21(14(25)17-15)7-8-22-19-12(18-20-22)10-5-3-9(4-6-10)11(16)23/h3-6H,7-8H2,1-2H3,(H2,16,23)(H,17,25). The molecule has 3 rings (SSSR count). The molecular weight excluding hydrogens is 326 g/mol. The van der Waals surface area contributed by atoms with Crippen LogP contribution in [0.15, 0.2) is 24.3 Å². The molecule has 25 heavy (non-hydrogen) atoms. The maximum Gasteiger partial charge on any atom is 0.325 e. The minimum absolute atomic E-state index is 0.143. The molecule has 10 nitrogen and oxygen atoms in total. The normalized spacial score (nSPS) is 16.2. The molecule has 1 saturated heterocycles. The number of rotatable bonds is 5. The van der Waals surface area contributed by atoms with Crippen molar-refractivity contribution in [2.75, 3.05) is 6.54 Å². The van der Waals surface area contributed by atoms with Crippen LogP contribution in [0.4, 0.5) is 4.79 Å². The molecule has 1 aromatic heterocycles. The van der Waals surface area contributed by atoms with Gasteiger partial charge in [-0.05, 0) is 31.2 Å². The van der Waals surface area contributed by atoms with Gasteiger partial charge in [0.05, 0.1) is 13.1 Å². The molecule has 4 amide bonds. The summed E-state index contributed by atoms with van der Waals surface area (Å²) < 4.78 is 0. The predicted octanol–water partition coefficient (Wildman–Crippen LogP) is -0.231. The van der Waals surface area contributed by atoms with Crippen molar-refractivity contribution < 1.29 is 14.4 Å². The van der Waals surface area contributed by atoms with E-state index in [2.05, 4.69) is 20.7 Å². The smallest absolute Gasteiger partial charge is 0.325 e. The molecule has 2 aromatic rings. The first-order chi connectivity index (χ1) is 11.8. The lowest BCUT2D eigenvalue weighted by Crippen LogP contribution is -2.40. The summed E-state index contributed by atoms with van der Waals surface area (Å²) in [5.74, 6) is -0.437. The van der Waals surface area contributed by atoms with Gasteiger partial charge >= 0.3 is 6.03 Å². The number of carbonyl (C=O) groups is 3. The Morgan fingerprint density at radius 2 is 1.88 bits per heavy atom. The van der Waals surface area contributed by atoms with Crippen molar-refractivity contribution in [2.45, 2.75) is 25.9 Å². The second-order valence-corrected chi connectivity index (χ2v) is 6.16. The van der Waals surface area contributed by atoms with E-state index in [4.69, 9.17) is 5.73 Å². The second-order valence-electron chi connectivity index (χ2n) is 6.16. The lowest BCUT2D eigenvalue weighted by atomic mass is 10.1. The van der Waals surface area contributed by atoms with Crippen molar-refractivity contribution in [3.05, 3.63) is 29.8 Å². The number of amides is 4. The molecule has 0 unspecified atom stereocenters. The lowest BCUT2D eigenvalue weighted by Gasteiger charge is -2.15. The fourth-order valence-corrected chi connectivity index (χ4v) is 2.45. The van der Waals surface area contributed by atoms with E-state index in [1.165, 1.54) is 4.80 Å². The summed E-state index contributed by atoms with van der Waals surface area (Å²) in [6.07, 6.45) is 0. The zero-order valence-corrected chi connectivity index (χ0v) is 13.8. The van der Waals surface area contributed by atoms with Crippen molar-refractivity contribution >= 4 is 17.8 Å². The van der Waals surface area contributed by atoms with Crippen LogP contribution >= 0.6 is 0 Å². The Bertz CT molecular complexity index is 841. The van der Waals surface area contributed by atoms with Crippen LogP contribution in [0.1, 0.15) is 24.2 Å². The Morgan fingerprint density at radius 1 is 1.20 bits per heavy atom. The molecule has 0 aliphatic carbocycles. The van der Waals surface area contributed by atoms with Crippen LogP contribution in [0.5, 0.6) is 0 Å². The molecule has 1 aromatic carbocycles. The van der Waals surface area contributed by atoms with E-state index in [9.17, 15) is 14.4 Å². The number of imide groups is 1. The van der Waals surface area contributed by atoms with Gasteiger partial charge in [0.15, 0.2) is 0 Å². The van der Waals surface area contributed by atoms with Gasteiger partial charge in [0, 0.05) is 11.1 Å². The van der Waals surface area contributed by atoms with Gasteiger partial charge in [0.1, 0.15) is 5.54 Å². The molecular formula is C15H17N7O3. The van der Waals surface area contributed by atoms with Crippen LogP contribution in [-0.2, 0) is 11.3 Å². The third kappa shape index (κ3) is 3.18. The van der Waals surface area contributed by atoms with Crippen LogP contribution < -0.4 is 11.1 Å². The molecule has 1 fully saturated rings. The zero-order valence-electron chi connectivity index (χ0n) is 13.8. The van der Waals surface area contributed by atoms with Crippen molar-refractivity contribution in [2.24, 2.45) is 5.73 Å². The quantitative estimate of drug-likeness (QED) is 0.720. The Balaban J connectivity index is 1.67. The minimum Gasteiger partial charge on any atom is -0.366 e. The number of hydrogen-bond donors (Lipinski definition) is 2. The average Bonchev–Trinajstić information content (AvgIpc) is 3.10. The van der Waals surface area contributed by atoms with E-state index in [1.54, 1.807) is 38.1 Å². The summed E-state index contributed by atoms with van der Waals surface area (Å²) in [7, 11) is 0. The summed E-state index contributed by atoms with van der Waals surface area (Å²) in [5.41, 5.74) is 5.35. The molecule has 0 bridgehead atoms. The molecule has 1 aliphatic heterocycles. The van der Waals surface area contributed by atoms with Gasteiger partial charge in [-0.25, -0.2) is 4.79 Å². The topological polar surface area (TPSA) is 136 Å². The third-order valence-electron chi connectivity index (χ3n) is 3.85. The van der Waals surface area contributed by atoms with Gasteiger partial charge in [-0.3, -0.25) is 14.5 Å². The third-order valence-corrected chi connectivity index (χ3v) is 3.85. The number of nitrogens with two attached hydrogens (primary N) is 1. The Labute approximate surface area is 143 Å². The van der Waals surface area contributed by atoms with Crippen LogP contribution in [-0.4, -0.2) is 55.0 Å². The summed E-state index contributed by atoms with van der Waals surface area (Å²) in [4.78, 5) is 37.4.